The molecule has 0 aliphatic carbocycles. The lowest BCUT2D eigenvalue weighted by Crippen LogP contribution is -2.27. The zero-order chi connectivity index (χ0) is 11.4. The first-order valence-corrected chi connectivity index (χ1v) is 5.08. The second-order valence-corrected chi connectivity index (χ2v) is 3.43. The summed E-state index contributed by atoms with van der Waals surface area (Å²) in [6.07, 6.45) is 4.22. The molecule has 86 valence electrons. The third-order valence-corrected chi connectivity index (χ3v) is 2.31. The number of aromatic nitrogens is 2. The van der Waals surface area contributed by atoms with Crippen LogP contribution in [0.1, 0.15) is 12.8 Å². The van der Waals surface area contributed by atoms with E-state index in [9.17, 15) is 4.79 Å². The van der Waals surface area contributed by atoms with Gasteiger partial charge in [0.2, 0.25) is 5.88 Å². The summed E-state index contributed by atoms with van der Waals surface area (Å²) in [6.45, 7) is 0.645. The van der Waals surface area contributed by atoms with Crippen molar-refractivity contribution in [3.63, 3.8) is 0 Å². The standard InChI is InChI=1S/C10H13N3O3/c1-15-9-6-11-8(5-12-9)13-10(14)7-3-2-4-16-7/h5-7H,2-4H2,1H3,(H,11,13,14)/t7-/m1/s1. The summed E-state index contributed by atoms with van der Waals surface area (Å²) in [5.41, 5.74) is 0. The van der Waals surface area contributed by atoms with Gasteiger partial charge in [-0.2, -0.15) is 0 Å². The number of nitrogens with one attached hydrogen (secondary N) is 1. The van der Waals surface area contributed by atoms with E-state index >= 15 is 0 Å². The zero-order valence-corrected chi connectivity index (χ0v) is 8.97. The van der Waals surface area contributed by atoms with E-state index in [2.05, 4.69) is 15.3 Å². The van der Waals surface area contributed by atoms with Gasteiger partial charge in [-0.3, -0.25) is 4.79 Å². The number of hydrogen-bond donors (Lipinski definition) is 1. The fraction of sp³-hybridized carbons (Fsp3) is 0.500. The second kappa shape index (κ2) is 4.89. The minimum Gasteiger partial charge on any atom is -0.480 e. The number of ether oxygens (including phenoxy) is 2. The van der Waals surface area contributed by atoms with Crippen molar-refractivity contribution in [2.45, 2.75) is 18.9 Å². The fourth-order valence-electron chi connectivity index (χ4n) is 1.48. The van der Waals surface area contributed by atoms with Crippen LogP contribution < -0.4 is 10.1 Å². The van der Waals surface area contributed by atoms with E-state index in [-0.39, 0.29) is 12.0 Å². The summed E-state index contributed by atoms with van der Waals surface area (Å²) in [4.78, 5) is 19.6. The number of hydrogen-bond acceptors (Lipinski definition) is 5. The summed E-state index contributed by atoms with van der Waals surface area (Å²) in [5.74, 6) is 0.647. The molecule has 16 heavy (non-hydrogen) atoms. The van der Waals surface area contributed by atoms with Crippen LogP contribution in [0.2, 0.25) is 0 Å². The van der Waals surface area contributed by atoms with E-state index in [4.69, 9.17) is 9.47 Å². The lowest BCUT2D eigenvalue weighted by Gasteiger charge is -2.09. The van der Waals surface area contributed by atoms with Crippen LogP contribution >= 0.6 is 0 Å². The molecule has 1 aliphatic rings. The van der Waals surface area contributed by atoms with Crippen LogP contribution in [-0.2, 0) is 9.53 Å². The molecule has 0 spiro atoms. The maximum Gasteiger partial charge on any atom is 0.254 e. The van der Waals surface area contributed by atoms with Gasteiger partial charge in [-0.1, -0.05) is 0 Å². The summed E-state index contributed by atoms with van der Waals surface area (Å²) < 4.78 is 10.1. The van der Waals surface area contributed by atoms with Gasteiger partial charge >= 0.3 is 0 Å². The highest BCUT2D eigenvalue weighted by Crippen LogP contribution is 2.14. The minimum atomic E-state index is -0.357. The molecule has 1 amide bonds. The summed E-state index contributed by atoms with van der Waals surface area (Å²) >= 11 is 0. The Balaban J connectivity index is 1.94. The van der Waals surface area contributed by atoms with E-state index in [1.165, 1.54) is 19.5 Å². The van der Waals surface area contributed by atoms with E-state index in [1.54, 1.807) is 0 Å². The number of nitrogens with zero attached hydrogens (tertiary/aromatic N) is 2. The van der Waals surface area contributed by atoms with Gasteiger partial charge in [-0.25, -0.2) is 9.97 Å². The van der Waals surface area contributed by atoms with Gasteiger partial charge in [0.15, 0.2) is 5.82 Å². The number of anilines is 1. The molecule has 1 aromatic rings. The molecule has 6 nitrogen and oxygen atoms in total. The average Bonchev–Trinajstić information content (AvgIpc) is 2.83. The average molecular weight is 223 g/mol. The van der Waals surface area contributed by atoms with Gasteiger partial charge in [-0.05, 0) is 12.8 Å². The van der Waals surface area contributed by atoms with Crippen LogP contribution in [0.3, 0.4) is 0 Å². The van der Waals surface area contributed by atoms with Crippen molar-refractivity contribution in [1.82, 2.24) is 9.97 Å². The molecule has 0 bridgehead atoms. The Labute approximate surface area is 93.0 Å². The van der Waals surface area contributed by atoms with Gasteiger partial charge in [0.25, 0.3) is 5.91 Å². The Morgan fingerprint density at radius 1 is 1.56 bits per heavy atom. The van der Waals surface area contributed by atoms with E-state index < -0.39 is 0 Å². The molecule has 1 saturated heterocycles. The number of carbonyl (C=O) groups is 1. The number of rotatable bonds is 3. The minimum absolute atomic E-state index is 0.169. The first kappa shape index (κ1) is 10.8. The molecule has 0 saturated carbocycles. The van der Waals surface area contributed by atoms with Crippen molar-refractivity contribution in [1.29, 1.82) is 0 Å². The van der Waals surface area contributed by atoms with Crippen molar-refractivity contribution < 1.29 is 14.3 Å². The molecule has 2 heterocycles. The predicted molar refractivity (Wildman–Crippen MR) is 56.2 cm³/mol. The molecule has 1 N–H and O–H groups in total. The van der Waals surface area contributed by atoms with Gasteiger partial charge in [0, 0.05) is 6.61 Å². The Morgan fingerprint density at radius 2 is 2.44 bits per heavy atom. The normalized spacial score (nSPS) is 19.4. The number of methoxy groups -OCH3 is 1. The summed E-state index contributed by atoms with van der Waals surface area (Å²) in [5, 5.41) is 2.64. The molecular weight excluding hydrogens is 210 g/mol. The van der Waals surface area contributed by atoms with E-state index in [1.807, 2.05) is 0 Å². The SMILES string of the molecule is COc1cnc(NC(=O)[C@H]2CCCO2)cn1. The van der Waals surface area contributed by atoms with Gasteiger partial charge in [0.05, 0.1) is 19.5 Å². The first-order chi connectivity index (χ1) is 7.79. The van der Waals surface area contributed by atoms with Crippen LogP contribution in [-0.4, -0.2) is 35.7 Å². The van der Waals surface area contributed by atoms with Crippen molar-refractivity contribution in [3.8, 4) is 5.88 Å². The van der Waals surface area contributed by atoms with Gasteiger partial charge in [0.1, 0.15) is 6.10 Å². The molecule has 1 fully saturated rings. The third kappa shape index (κ3) is 2.46. The Morgan fingerprint density at radius 3 is 3.00 bits per heavy atom. The predicted octanol–water partition coefficient (Wildman–Crippen LogP) is 0.603. The highest BCUT2D eigenvalue weighted by molar-refractivity contribution is 5.93. The Bertz CT molecular complexity index is 360. The van der Waals surface area contributed by atoms with Gasteiger partial charge in [-0.15, -0.1) is 0 Å². The quantitative estimate of drug-likeness (QED) is 0.812. The second-order valence-electron chi connectivity index (χ2n) is 3.43. The maximum absolute atomic E-state index is 11.6. The lowest BCUT2D eigenvalue weighted by atomic mass is 10.2. The van der Waals surface area contributed by atoms with Crippen LogP contribution in [0.25, 0.3) is 0 Å². The Hall–Kier alpha value is -1.69. The first-order valence-electron chi connectivity index (χ1n) is 5.08. The number of amides is 1. The fourth-order valence-corrected chi connectivity index (χ4v) is 1.48. The topological polar surface area (TPSA) is 73.3 Å². The molecule has 1 aromatic heterocycles. The molecule has 2 rings (SSSR count). The van der Waals surface area contributed by atoms with Crippen LogP contribution in [0.5, 0.6) is 5.88 Å². The maximum atomic E-state index is 11.6. The van der Waals surface area contributed by atoms with Crippen LogP contribution in [0, 0.1) is 0 Å². The molecule has 1 atom stereocenters. The van der Waals surface area contributed by atoms with Crippen molar-refractivity contribution in [2.75, 3.05) is 19.0 Å². The van der Waals surface area contributed by atoms with Crippen LogP contribution in [0.4, 0.5) is 5.82 Å². The number of carbonyl (C=O) groups excluding carboxylic acids is 1. The molecule has 1 aliphatic heterocycles. The molecular formula is C10H13N3O3. The molecule has 0 radical (unpaired) electrons. The third-order valence-electron chi connectivity index (χ3n) is 2.31. The summed E-state index contributed by atoms with van der Waals surface area (Å²) in [6, 6.07) is 0. The van der Waals surface area contributed by atoms with Crippen LogP contribution in [0.15, 0.2) is 12.4 Å². The van der Waals surface area contributed by atoms with E-state index in [0.717, 1.165) is 12.8 Å². The molecule has 0 aromatic carbocycles. The van der Waals surface area contributed by atoms with Crippen molar-refractivity contribution in [2.24, 2.45) is 0 Å². The molecule has 0 unspecified atom stereocenters. The van der Waals surface area contributed by atoms with Crippen molar-refractivity contribution in [3.05, 3.63) is 12.4 Å². The van der Waals surface area contributed by atoms with Gasteiger partial charge < -0.3 is 14.8 Å². The largest absolute Gasteiger partial charge is 0.480 e. The zero-order valence-electron chi connectivity index (χ0n) is 8.97. The van der Waals surface area contributed by atoms with Crippen molar-refractivity contribution >= 4 is 11.7 Å². The smallest absolute Gasteiger partial charge is 0.254 e. The van der Waals surface area contributed by atoms with E-state index in [0.29, 0.717) is 18.3 Å². The Kier molecular flexibility index (Phi) is 3.31. The highest BCUT2D eigenvalue weighted by atomic mass is 16.5. The lowest BCUT2D eigenvalue weighted by molar-refractivity contribution is -0.124. The highest BCUT2D eigenvalue weighted by Gasteiger charge is 2.23. The molecule has 6 heteroatoms. The summed E-state index contributed by atoms with van der Waals surface area (Å²) in [7, 11) is 1.51. The monoisotopic (exact) mass is 223 g/mol.